The topological polar surface area (TPSA) is 17.8 Å². The molecule has 0 aliphatic heterocycles. The standard InChI is InChI=1S/C7H11N2/c1-6(2)9-5-7(3)4-8-9/h5-6H,1-3H3. The van der Waals surface area contributed by atoms with Crippen molar-refractivity contribution in [2.75, 3.05) is 0 Å². The Bertz CT molecular complexity index is 189. The fourth-order valence-corrected chi connectivity index (χ4v) is 0.657. The van der Waals surface area contributed by atoms with Crippen LogP contribution >= 0.6 is 0 Å². The highest BCUT2D eigenvalue weighted by Crippen LogP contribution is 2.02. The lowest BCUT2D eigenvalue weighted by Crippen LogP contribution is -1.99. The van der Waals surface area contributed by atoms with E-state index < -0.39 is 0 Å². The Labute approximate surface area is 55.5 Å². The average molecular weight is 123 g/mol. The van der Waals surface area contributed by atoms with Crippen LogP contribution in [0.25, 0.3) is 0 Å². The van der Waals surface area contributed by atoms with Gasteiger partial charge in [0.25, 0.3) is 0 Å². The molecule has 0 spiro atoms. The molecule has 9 heavy (non-hydrogen) atoms. The predicted octanol–water partition coefficient (Wildman–Crippen LogP) is 1.57. The third-order valence-corrected chi connectivity index (χ3v) is 1.20. The van der Waals surface area contributed by atoms with E-state index in [0.717, 1.165) is 5.56 Å². The normalized spacial score (nSPS) is 10.7. The highest BCUT2D eigenvalue weighted by molar-refractivity contribution is 4.97. The van der Waals surface area contributed by atoms with Gasteiger partial charge in [0, 0.05) is 12.2 Å². The maximum atomic E-state index is 4.01. The van der Waals surface area contributed by atoms with Crippen molar-refractivity contribution in [2.24, 2.45) is 0 Å². The number of rotatable bonds is 1. The first-order valence-corrected chi connectivity index (χ1v) is 3.13. The Morgan fingerprint density at radius 3 is 2.56 bits per heavy atom. The van der Waals surface area contributed by atoms with Crippen LogP contribution in [0.4, 0.5) is 0 Å². The van der Waals surface area contributed by atoms with Crippen LogP contribution < -0.4 is 0 Å². The lowest BCUT2D eigenvalue weighted by molar-refractivity contribution is 0.531. The van der Waals surface area contributed by atoms with E-state index in [0.29, 0.717) is 6.04 Å². The van der Waals surface area contributed by atoms with Crippen LogP contribution in [0.5, 0.6) is 0 Å². The monoisotopic (exact) mass is 123 g/mol. The molecule has 0 aliphatic carbocycles. The van der Waals surface area contributed by atoms with Gasteiger partial charge in [-0.05, 0) is 26.3 Å². The third kappa shape index (κ3) is 1.31. The molecule has 1 rings (SSSR count). The van der Waals surface area contributed by atoms with Crippen LogP contribution in [-0.2, 0) is 0 Å². The molecule has 1 aromatic heterocycles. The minimum atomic E-state index is 0.454. The molecule has 0 fully saturated rings. The van der Waals surface area contributed by atoms with Gasteiger partial charge in [-0.2, -0.15) is 5.10 Å². The van der Waals surface area contributed by atoms with Crippen LogP contribution in [0, 0.1) is 13.1 Å². The second kappa shape index (κ2) is 2.21. The summed E-state index contributed by atoms with van der Waals surface area (Å²) in [5, 5.41) is 4.01. The summed E-state index contributed by atoms with van der Waals surface area (Å²) in [6.07, 6.45) is 4.85. The molecule has 0 N–H and O–H groups in total. The van der Waals surface area contributed by atoms with E-state index in [1.165, 1.54) is 0 Å². The minimum Gasteiger partial charge on any atom is -0.269 e. The highest BCUT2D eigenvalue weighted by atomic mass is 15.3. The Kier molecular flexibility index (Phi) is 1.56. The molecule has 1 aromatic rings. The van der Waals surface area contributed by atoms with Gasteiger partial charge in [0.1, 0.15) is 6.20 Å². The first-order valence-electron chi connectivity index (χ1n) is 3.13. The fraction of sp³-hybridized carbons (Fsp3) is 0.571. The molecule has 2 nitrogen and oxygen atoms in total. The molecule has 0 saturated carbocycles. The zero-order valence-corrected chi connectivity index (χ0v) is 6.05. The summed E-state index contributed by atoms with van der Waals surface area (Å²) in [4.78, 5) is 0. The van der Waals surface area contributed by atoms with Crippen molar-refractivity contribution < 1.29 is 0 Å². The van der Waals surface area contributed by atoms with E-state index in [4.69, 9.17) is 0 Å². The number of aryl methyl sites for hydroxylation is 1. The smallest absolute Gasteiger partial charge is 0.116 e. The van der Waals surface area contributed by atoms with E-state index in [1.807, 2.05) is 17.8 Å². The summed E-state index contributed by atoms with van der Waals surface area (Å²) in [7, 11) is 0. The first kappa shape index (κ1) is 6.33. The first-order chi connectivity index (χ1) is 4.20. The molecule has 0 amide bonds. The van der Waals surface area contributed by atoms with Crippen LogP contribution in [0.3, 0.4) is 0 Å². The second-order valence-electron chi connectivity index (χ2n) is 2.50. The van der Waals surface area contributed by atoms with Gasteiger partial charge in [0.2, 0.25) is 0 Å². The maximum absolute atomic E-state index is 4.01. The SMILES string of the molecule is Cc1[c]nn(C(C)C)c1. The average Bonchev–Trinajstić information content (AvgIpc) is 2.14. The molecule has 0 aromatic carbocycles. The van der Waals surface area contributed by atoms with E-state index in [9.17, 15) is 0 Å². The van der Waals surface area contributed by atoms with Crippen LogP contribution in [-0.4, -0.2) is 9.78 Å². The van der Waals surface area contributed by atoms with Gasteiger partial charge in [0.05, 0.1) is 0 Å². The molecule has 2 heteroatoms. The Morgan fingerprint density at radius 2 is 2.33 bits per heavy atom. The summed E-state index contributed by atoms with van der Waals surface area (Å²) in [6, 6.07) is 0.454. The van der Waals surface area contributed by atoms with Gasteiger partial charge in [-0.3, -0.25) is 4.68 Å². The quantitative estimate of drug-likeness (QED) is 0.554. The van der Waals surface area contributed by atoms with Gasteiger partial charge in [-0.25, -0.2) is 0 Å². The molecule has 0 atom stereocenters. The van der Waals surface area contributed by atoms with E-state index in [-0.39, 0.29) is 0 Å². The molecule has 1 heterocycles. The largest absolute Gasteiger partial charge is 0.269 e. The van der Waals surface area contributed by atoms with Crippen molar-refractivity contribution in [1.82, 2.24) is 9.78 Å². The van der Waals surface area contributed by atoms with E-state index in [2.05, 4.69) is 25.1 Å². The zero-order chi connectivity index (χ0) is 6.85. The van der Waals surface area contributed by atoms with Crippen molar-refractivity contribution in [2.45, 2.75) is 26.8 Å². The fourth-order valence-electron chi connectivity index (χ4n) is 0.657. The summed E-state index contributed by atoms with van der Waals surface area (Å²) in [5.41, 5.74) is 1.10. The number of aromatic nitrogens is 2. The van der Waals surface area contributed by atoms with Crippen LogP contribution in [0.2, 0.25) is 0 Å². The van der Waals surface area contributed by atoms with Crippen molar-refractivity contribution in [3.05, 3.63) is 18.0 Å². The van der Waals surface area contributed by atoms with Gasteiger partial charge in [-0.1, -0.05) is 0 Å². The number of hydrogen-bond donors (Lipinski definition) is 0. The third-order valence-electron chi connectivity index (χ3n) is 1.20. The van der Waals surface area contributed by atoms with Crippen molar-refractivity contribution in [3.63, 3.8) is 0 Å². The summed E-state index contributed by atoms with van der Waals surface area (Å²) < 4.78 is 1.90. The van der Waals surface area contributed by atoms with Crippen molar-refractivity contribution >= 4 is 0 Å². The van der Waals surface area contributed by atoms with E-state index in [1.54, 1.807) is 0 Å². The second-order valence-corrected chi connectivity index (χ2v) is 2.50. The molecule has 0 saturated heterocycles. The molecule has 1 radical (unpaired) electrons. The van der Waals surface area contributed by atoms with Crippen LogP contribution in [0.15, 0.2) is 6.20 Å². The molecule has 0 bridgehead atoms. The van der Waals surface area contributed by atoms with Crippen molar-refractivity contribution in [1.29, 1.82) is 0 Å². The highest BCUT2D eigenvalue weighted by Gasteiger charge is 1.96. The maximum Gasteiger partial charge on any atom is 0.116 e. The van der Waals surface area contributed by atoms with Gasteiger partial charge in [0.15, 0.2) is 0 Å². The van der Waals surface area contributed by atoms with Gasteiger partial charge in [-0.15, -0.1) is 0 Å². The molecule has 0 unspecified atom stereocenters. The molecule has 49 valence electrons. The summed E-state index contributed by atoms with van der Waals surface area (Å²) in [6.45, 7) is 6.19. The zero-order valence-electron chi connectivity index (χ0n) is 6.05. The van der Waals surface area contributed by atoms with Crippen LogP contribution in [0.1, 0.15) is 25.5 Å². The Morgan fingerprint density at radius 1 is 1.67 bits per heavy atom. The van der Waals surface area contributed by atoms with Crippen molar-refractivity contribution in [3.8, 4) is 0 Å². The summed E-state index contributed by atoms with van der Waals surface area (Å²) in [5.74, 6) is 0. The molecule has 0 aliphatic rings. The number of hydrogen-bond acceptors (Lipinski definition) is 1. The minimum absolute atomic E-state index is 0.454. The van der Waals surface area contributed by atoms with Gasteiger partial charge < -0.3 is 0 Å². The lowest BCUT2D eigenvalue weighted by Gasteiger charge is -2.01. The Hall–Kier alpha value is -0.790. The molecular weight excluding hydrogens is 112 g/mol. The van der Waals surface area contributed by atoms with Gasteiger partial charge >= 0.3 is 0 Å². The lowest BCUT2D eigenvalue weighted by atomic mass is 10.4. The Balaban J connectivity index is 2.85. The van der Waals surface area contributed by atoms with E-state index >= 15 is 0 Å². The molecular formula is C7H11N2. The summed E-state index contributed by atoms with van der Waals surface area (Å²) >= 11 is 0. The predicted molar refractivity (Wildman–Crippen MR) is 36.2 cm³/mol. The number of nitrogens with zero attached hydrogens (tertiary/aromatic N) is 2.